The van der Waals surface area contributed by atoms with Gasteiger partial charge < -0.3 is 33.4 Å². The van der Waals surface area contributed by atoms with Crippen LogP contribution in [-0.4, -0.2) is 74.3 Å². The van der Waals surface area contributed by atoms with E-state index in [9.17, 15) is 14.4 Å². The topological polar surface area (TPSA) is 135 Å². The smallest absolute Gasteiger partial charge is 0.407 e. The number of carbonyl (C=O) groups excluding carboxylic acids is 3. The second-order valence-electron chi connectivity index (χ2n) is 10.4. The normalized spacial score (nSPS) is 27.9. The molecule has 0 saturated carbocycles. The molecule has 2 aliphatic rings. The summed E-state index contributed by atoms with van der Waals surface area (Å²) in [5.74, 6) is -0.157. The van der Waals surface area contributed by atoms with Crippen LogP contribution in [0.5, 0.6) is 0 Å². The van der Waals surface area contributed by atoms with Crippen molar-refractivity contribution in [3.05, 3.63) is 30.0 Å². The lowest BCUT2D eigenvalue weighted by Crippen LogP contribution is -2.41. The number of hydrogen-bond acceptors (Lipinski definition) is 10. The van der Waals surface area contributed by atoms with Gasteiger partial charge in [0.05, 0.1) is 31.8 Å². The van der Waals surface area contributed by atoms with Gasteiger partial charge >= 0.3 is 18.0 Å². The van der Waals surface area contributed by atoms with Crippen molar-refractivity contribution in [3.8, 4) is 0 Å². The molecule has 0 unspecified atom stereocenters. The molecule has 2 bridgehead atoms. The summed E-state index contributed by atoms with van der Waals surface area (Å²) in [5, 5.41) is 2.51. The van der Waals surface area contributed by atoms with Crippen LogP contribution < -0.4 is 5.32 Å². The second-order valence-corrected chi connectivity index (χ2v) is 10.4. The first-order chi connectivity index (χ1) is 19.3. The molecule has 0 aromatic carbocycles. The van der Waals surface area contributed by atoms with E-state index in [0.29, 0.717) is 36.8 Å². The van der Waals surface area contributed by atoms with Gasteiger partial charge in [0.1, 0.15) is 24.2 Å². The molecule has 1 aromatic heterocycles. The van der Waals surface area contributed by atoms with Gasteiger partial charge in [0.15, 0.2) is 0 Å². The van der Waals surface area contributed by atoms with E-state index < -0.39 is 12.1 Å². The maximum atomic E-state index is 12.8. The SMILES string of the molecule is CCC[C@H]1C[C@@H](OC)C[C@H](C)C[C@@H]2C[C@@H](OC(=O)/C=C/c3coc(/C=C\CNC(=O)OC)n3)C[C@H](CC(=O)O1)O2. The maximum absolute atomic E-state index is 12.8. The molecular weight excluding hydrogens is 520 g/mol. The number of fused-ring (bicyclic) bond motifs is 2. The van der Waals surface area contributed by atoms with E-state index in [1.165, 1.54) is 25.5 Å². The van der Waals surface area contributed by atoms with E-state index in [-0.39, 0.29) is 49.5 Å². The van der Waals surface area contributed by atoms with Crippen molar-refractivity contribution in [3.63, 3.8) is 0 Å². The van der Waals surface area contributed by atoms with Crippen LogP contribution in [0.3, 0.4) is 0 Å². The standard InChI is InChI=1S/C29H42N2O9/c1-5-7-21-14-22(35-3)12-19(2)13-23-15-24(16-25(38-23)17-28(33)39-21)40-27(32)10-9-20-18-37-26(31-20)8-6-11-30-29(34)36-4/h6,8-10,18-19,21-25H,5,7,11-17H2,1-4H3,(H,30,34)/b8-6-,10-9+/t19-,21-,22-,23+,24+,25+/m0/s1. The van der Waals surface area contributed by atoms with Crippen LogP contribution in [0, 0.1) is 5.92 Å². The van der Waals surface area contributed by atoms with Crippen molar-refractivity contribution in [1.29, 1.82) is 0 Å². The lowest BCUT2D eigenvalue weighted by Gasteiger charge is -2.37. The van der Waals surface area contributed by atoms with Crippen molar-refractivity contribution < 1.29 is 42.5 Å². The zero-order valence-electron chi connectivity index (χ0n) is 23.8. The number of alkyl carbamates (subject to hydrolysis) is 1. The first-order valence-electron chi connectivity index (χ1n) is 14.0. The predicted molar refractivity (Wildman–Crippen MR) is 146 cm³/mol. The van der Waals surface area contributed by atoms with Gasteiger partial charge in [-0.3, -0.25) is 4.79 Å². The van der Waals surface area contributed by atoms with Crippen LogP contribution in [0.4, 0.5) is 4.79 Å². The molecule has 1 aromatic rings. The summed E-state index contributed by atoms with van der Waals surface area (Å²) in [4.78, 5) is 40.7. The van der Waals surface area contributed by atoms with Gasteiger partial charge in [0, 0.05) is 39.0 Å². The Morgan fingerprint density at radius 3 is 2.65 bits per heavy atom. The quantitative estimate of drug-likeness (QED) is 0.261. The van der Waals surface area contributed by atoms with Crippen molar-refractivity contribution in [2.45, 2.75) is 95.7 Å². The minimum atomic E-state index is -0.537. The highest BCUT2D eigenvalue weighted by Gasteiger charge is 2.35. The van der Waals surface area contributed by atoms with Crippen LogP contribution in [-0.2, 0) is 33.3 Å². The number of esters is 2. The fraction of sp³-hybridized carbons (Fsp3) is 0.655. The molecule has 222 valence electrons. The monoisotopic (exact) mass is 562 g/mol. The molecular formula is C29H42N2O9. The average Bonchev–Trinajstić information content (AvgIpc) is 3.36. The van der Waals surface area contributed by atoms with Crippen molar-refractivity contribution in [2.24, 2.45) is 5.92 Å². The average molecular weight is 563 g/mol. The van der Waals surface area contributed by atoms with Crippen LogP contribution in [0.2, 0.25) is 0 Å². The molecule has 3 rings (SSSR count). The molecule has 2 aliphatic heterocycles. The Kier molecular flexibility index (Phi) is 12.7. The van der Waals surface area contributed by atoms with E-state index >= 15 is 0 Å². The van der Waals surface area contributed by atoms with Gasteiger partial charge in [0.25, 0.3) is 0 Å². The summed E-state index contributed by atoms with van der Waals surface area (Å²) in [7, 11) is 2.99. The fourth-order valence-electron chi connectivity index (χ4n) is 5.17. The second kappa shape index (κ2) is 16.2. The molecule has 1 N–H and O–H groups in total. The van der Waals surface area contributed by atoms with Crippen molar-refractivity contribution in [2.75, 3.05) is 20.8 Å². The molecule has 11 heteroatoms. The number of cyclic esters (lactones) is 1. The largest absolute Gasteiger partial charge is 0.462 e. The minimum absolute atomic E-state index is 0.000916. The van der Waals surface area contributed by atoms with Crippen LogP contribution in [0.15, 0.2) is 22.8 Å². The summed E-state index contributed by atoms with van der Waals surface area (Å²) >= 11 is 0. The van der Waals surface area contributed by atoms with Crippen LogP contribution in [0.1, 0.15) is 76.8 Å². The van der Waals surface area contributed by atoms with E-state index in [1.54, 1.807) is 19.3 Å². The first-order valence-corrected chi connectivity index (χ1v) is 14.0. The van der Waals surface area contributed by atoms with Gasteiger partial charge in [0.2, 0.25) is 5.89 Å². The fourth-order valence-corrected chi connectivity index (χ4v) is 5.17. The molecule has 0 aliphatic carbocycles. The maximum Gasteiger partial charge on any atom is 0.407 e. The summed E-state index contributed by atoms with van der Waals surface area (Å²) in [6, 6.07) is 0. The predicted octanol–water partition coefficient (Wildman–Crippen LogP) is 4.45. The third-order valence-corrected chi connectivity index (χ3v) is 6.95. The van der Waals surface area contributed by atoms with Gasteiger partial charge in [-0.15, -0.1) is 0 Å². The number of nitrogens with zero attached hydrogens (tertiary/aromatic N) is 1. The molecule has 3 heterocycles. The van der Waals surface area contributed by atoms with Gasteiger partial charge in [-0.25, -0.2) is 14.6 Å². The van der Waals surface area contributed by atoms with Crippen molar-refractivity contribution in [1.82, 2.24) is 10.3 Å². The van der Waals surface area contributed by atoms with Gasteiger partial charge in [-0.2, -0.15) is 0 Å². The lowest BCUT2D eigenvalue weighted by molar-refractivity contribution is -0.168. The number of nitrogens with one attached hydrogen (secondary N) is 1. The molecule has 6 atom stereocenters. The van der Waals surface area contributed by atoms with Gasteiger partial charge in [-0.1, -0.05) is 26.3 Å². The highest BCUT2D eigenvalue weighted by Crippen LogP contribution is 2.31. The Morgan fingerprint density at radius 2 is 1.90 bits per heavy atom. The van der Waals surface area contributed by atoms with Gasteiger partial charge in [-0.05, 0) is 37.3 Å². The number of aromatic nitrogens is 1. The molecule has 0 spiro atoms. The molecule has 2 saturated heterocycles. The highest BCUT2D eigenvalue weighted by atomic mass is 16.6. The number of amides is 1. The third kappa shape index (κ3) is 10.8. The zero-order valence-corrected chi connectivity index (χ0v) is 23.8. The first kappa shape index (κ1) is 31.3. The highest BCUT2D eigenvalue weighted by molar-refractivity contribution is 5.86. The number of rotatable bonds is 9. The molecule has 11 nitrogen and oxygen atoms in total. The number of methoxy groups -OCH3 is 2. The number of ether oxygens (including phenoxy) is 5. The third-order valence-electron chi connectivity index (χ3n) is 6.95. The Bertz CT molecular complexity index is 1020. The minimum Gasteiger partial charge on any atom is -0.462 e. The van der Waals surface area contributed by atoms with Crippen molar-refractivity contribution >= 4 is 30.2 Å². The molecule has 1 amide bonds. The van der Waals surface area contributed by atoms with Crippen LogP contribution in [0.25, 0.3) is 12.2 Å². The number of hydrogen-bond donors (Lipinski definition) is 1. The Balaban J connectivity index is 1.58. The van der Waals surface area contributed by atoms with E-state index in [1.807, 2.05) is 0 Å². The summed E-state index contributed by atoms with van der Waals surface area (Å²) < 4.78 is 33.4. The molecule has 40 heavy (non-hydrogen) atoms. The molecule has 2 fully saturated rings. The van der Waals surface area contributed by atoms with E-state index in [0.717, 1.165) is 25.7 Å². The number of oxazole rings is 1. The van der Waals surface area contributed by atoms with Crippen LogP contribution >= 0.6 is 0 Å². The zero-order chi connectivity index (χ0) is 28.9. The number of carbonyl (C=O) groups is 3. The molecule has 0 radical (unpaired) electrons. The van der Waals surface area contributed by atoms with E-state index in [2.05, 4.69) is 28.9 Å². The summed E-state index contributed by atoms with van der Waals surface area (Å²) in [5.41, 5.74) is 0.445. The Morgan fingerprint density at radius 1 is 1.10 bits per heavy atom. The summed E-state index contributed by atoms with van der Waals surface area (Å²) in [6.45, 7) is 4.50. The lowest BCUT2D eigenvalue weighted by atomic mass is 9.89. The Labute approximate surface area is 235 Å². The summed E-state index contributed by atoms with van der Waals surface area (Å²) in [6.07, 6.45) is 11.0. The van der Waals surface area contributed by atoms with E-state index in [4.69, 9.17) is 23.4 Å². The Hall–Kier alpha value is -3.18.